The predicted molar refractivity (Wildman–Crippen MR) is 43.3 cm³/mol. The summed E-state index contributed by atoms with van der Waals surface area (Å²) in [7, 11) is 0. The maximum absolute atomic E-state index is 10.3. The first-order valence-corrected chi connectivity index (χ1v) is 3.23. The molecule has 0 bridgehead atoms. The van der Waals surface area contributed by atoms with Gasteiger partial charge in [-0.15, -0.1) is 0 Å². The van der Waals surface area contributed by atoms with Gasteiger partial charge in [0.25, 0.3) is 0 Å². The number of hydrogen-bond donors (Lipinski definition) is 4. The molecule has 0 saturated heterocycles. The Morgan fingerprint density at radius 2 is 1.29 bits per heavy atom. The fourth-order valence-corrected chi connectivity index (χ4v) is 0.478. The highest BCUT2D eigenvalue weighted by Gasteiger charge is 2.14. The van der Waals surface area contributed by atoms with E-state index in [4.69, 9.17) is 21.1 Å². The molecular formula is C7H7NO6. The Labute approximate surface area is 77.8 Å². The lowest BCUT2D eigenvalue weighted by Gasteiger charge is -1.93. The van der Waals surface area contributed by atoms with Crippen molar-refractivity contribution in [2.24, 2.45) is 5.73 Å². The summed E-state index contributed by atoms with van der Waals surface area (Å²) in [6, 6.07) is 0. The minimum Gasteiger partial charge on any atom is -0.477 e. The van der Waals surface area contributed by atoms with E-state index in [0.29, 0.717) is 12.2 Å². The van der Waals surface area contributed by atoms with Gasteiger partial charge in [0.05, 0.1) is 0 Å². The van der Waals surface area contributed by atoms with E-state index in [0.717, 1.165) is 0 Å². The van der Waals surface area contributed by atoms with Crippen LogP contribution in [0.5, 0.6) is 0 Å². The van der Waals surface area contributed by atoms with Gasteiger partial charge in [-0.2, -0.15) is 0 Å². The first kappa shape index (κ1) is 11.7. The maximum atomic E-state index is 10.3. The van der Waals surface area contributed by atoms with Crippen molar-refractivity contribution in [3.8, 4) is 0 Å². The monoisotopic (exact) mass is 201 g/mol. The van der Waals surface area contributed by atoms with E-state index in [-0.39, 0.29) is 0 Å². The molecule has 7 nitrogen and oxygen atoms in total. The average Bonchev–Trinajstić information content (AvgIpc) is 2.02. The van der Waals surface area contributed by atoms with E-state index in [1.807, 2.05) is 0 Å². The highest BCUT2D eigenvalue weighted by molar-refractivity contribution is 6.12. The number of carboxylic acid groups (broad SMARTS) is 3. The van der Waals surface area contributed by atoms with Crippen molar-refractivity contribution in [2.75, 3.05) is 0 Å². The SMILES string of the molecule is N/C(=C\C=C(C(=O)O)C(=O)O)C(=O)O. The highest BCUT2D eigenvalue weighted by atomic mass is 16.4. The number of rotatable bonds is 4. The molecule has 0 heterocycles. The second-order valence-corrected chi connectivity index (χ2v) is 2.12. The van der Waals surface area contributed by atoms with E-state index < -0.39 is 29.2 Å². The number of carbonyl (C=O) groups is 3. The number of aliphatic carboxylic acids is 3. The molecular weight excluding hydrogens is 194 g/mol. The van der Waals surface area contributed by atoms with Crippen LogP contribution in [0.25, 0.3) is 0 Å². The normalized spacial score (nSPS) is 10.4. The smallest absolute Gasteiger partial charge is 0.351 e. The van der Waals surface area contributed by atoms with Crippen LogP contribution in [0.2, 0.25) is 0 Å². The summed E-state index contributed by atoms with van der Waals surface area (Å²) in [6.45, 7) is 0. The molecule has 0 rings (SSSR count). The van der Waals surface area contributed by atoms with Crippen molar-refractivity contribution in [3.05, 3.63) is 23.4 Å². The molecule has 0 saturated carbocycles. The molecule has 76 valence electrons. The summed E-state index contributed by atoms with van der Waals surface area (Å²) in [5.74, 6) is -4.81. The minimum atomic E-state index is -1.67. The van der Waals surface area contributed by atoms with Crippen molar-refractivity contribution < 1.29 is 29.7 Å². The van der Waals surface area contributed by atoms with Crippen LogP contribution >= 0.6 is 0 Å². The number of allylic oxidation sites excluding steroid dienone is 2. The lowest BCUT2D eigenvalue weighted by Crippen LogP contribution is -2.12. The van der Waals surface area contributed by atoms with Gasteiger partial charge in [-0.25, -0.2) is 14.4 Å². The lowest BCUT2D eigenvalue weighted by molar-refractivity contribution is -0.140. The summed E-state index contributed by atoms with van der Waals surface area (Å²) in [4.78, 5) is 30.6. The summed E-state index contributed by atoms with van der Waals surface area (Å²) in [5.41, 5.74) is 3.28. The maximum Gasteiger partial charge on any atom is 0.351 e. The van der Waals surface area contributed by atoms with Crippen LogP contribution in [0.4, 0.5) is 0 Å². The summed E-state index contributed by atoms with van der Waals surface area (Å²) in [5, 5.41) is 24.9. The molecule has 0 amide bonds. The van der Waals surface area contributed by atoms with Gasteiger partial charge in [0, 0.05) is 0 Å². The zero-order valence-electron chi connectivity index (χ0n) is 6.80. The fourth-order valence-electron chi connectivity index (χ4n) is 0.478. The topological polar surface area (TPSA) is 138 Å². The zero-order valence-corrected chi connectivity index (χ0v) is 6.80. The van der Waals surface area contributed by atoms with Crippen LogP contribution in [0.3, 0.4) is 0 Å². The van der Waals surface area contributed by atoms with E-state index in [9.17, 15) is 14.4 Å². The Hall–Kier alpha value is -2.31. The number of nitrogens with two attached hydrogens (primary N) is 1. The van der Waals surface area contributed by atoms with Crippen LogP contribution < -0.4 is 5.73 Å². The Morgan fingerprint density at radius 3 is 1.57 bits per heavy atom. The number of hydrogen-bond acceptors (Lipinski definition) is 4. The van der Waals surface area contributed by atoms with Crippen molar-refractivity contribution >= 4 is 17.9 Å². The summed E-state index contributed by atoms with van der Waals surface area (Å²) < 4.78 is 0. The third-order valence-electron chi connectivity index (χ3n) is 1.14. The van der Waals surface area contributed by atoms with Gasteiger partial charge in [-0.1, -0.05) is 0 Å². The van der Waals surface area contributed by atoms with Gasteiger partial charge in [0.2, 0.25) is 0 Å². The predicted octanol–water partition coefficient (Wildman–Crippen LogP) is -0.991. The molecule has 14 heavy (non-hydrogen) atoms. The second kappa shape index (κ2) is 4.65. The Balaban J connectivity index is 4.96. The van der Waals surface area contributed by atoms with Gasteiger partial charge in [-0.05, 0) is 12.2 Å². The first-order valence-electron chi connectivity index (χ1n) is 3.23. The molecule has 0 fully saturated rings. The number of carboxylic acids is 3. The van der Waals surface area contributed by atoms with Crippen molar-refractivity contribution in [1.29, 1.82) is 0 Å². The van der Waals surface area contributed by atoms with Gasteiger partial charge >= 0.3 is 17.9 Å². The van der Waals surface area contributed by atoms with Crippen molar-refractivity contribution in [2.45, 2.75) is 0 Å². The van der Waals surface area contributed by atoms with E-state index in [2.05, 4.69) is 0 Å². The largest absolute Gasteiger partial charge is 0.477 e. The highest BCUT2D eigenvalue weighted by Crippen LogP contribution is 1.97. The molecule has 0 aromatic carbocycles. The fraction of sp³-hybridized carbons (Fsp3) is 0. The molecule has 0 aliphatic rings. The van der Waals surface area contributed by atoms with Crippen molar-refractivity contribution in [1.82, 2.24) is 0 Å². The molecule has 0 radical (unpaired) electrons. The Kier molecular flexibility index (Phi) is 3.88. The molecule has 0 aliphatic carbocycles. The first-order chi connectivity index (χ1) is 6.36. The summed E-state index contributed by atoms with van der Waals surface area (Å²) >= 11 is 0. The van der Waals surface area contributed by atoms with Gasteiger partial charge in [0.15, 0.2) is 0 Å². The molecule has 0 atom stereocenters. The quantitative estimate of drug-likeness (QED) is 0.198. The average molecular weight is 201 g/mol. The van der Waals surface area contributed by atoms with Crippen LogP contribution in [-0.4, -0.2) is 33.2 Å². The van der Waals surface area contributed by atoms with Crippen LogP contribution in [0.1, 0.15) is 0 Å². The van der Waals surface area contributed by atoms with Gasteiger partial charge in [-0.3, -0.25) is 0 Å². The zero-order chi connectivity index (χ0) is 11.3. The molecule has 0 spiro atoms. The molecule has 0 aromatic heterocycles. The minimum absolute atomic E-state index is 0.605. The molecule has 5 N–H and O–H groups in total. The van der Waals surface area contributed by atoms with E-state index in [1.54, 1.807) is 0 Å². The lowest BCUT2D eigenvalue weighted by atomic mass is 10.2. The molecule has 0 aromatic rings. The van der Waals surface area contributed by atoms with Crippen LogP contribution in [0, 0.1) is 0 Å². The Morgan fingerprint density at radius 1 is 0.857 bits per heavy atom. The molecule has 0 aliphatic heterocycles. The molecule has 0 unspecified atom stereocenters. The van der Waals surface area contributed by atoms with Gasteiger partial charge < -0.3 is 21.1 Å². The van der Waals surface area contributed by atoms with Gasteiger partial charge in [0.1, 0.15) is 11.3 Å². The third kappa shape index (κ3) is 3.39. The Bertz CT molecular complexity index is 324. The third-order valence-corrected chi connectivity index (χ3v) is 1.14. The van der Waals surface area contributed by atoms with E-state index in [1.165, 1.54) is 0 Å². The standard InChI is InChI=1S/C7H7NO6/c8-4(7(13)14)2-1-3(5(9)10)6(11)12/h1-2H,8H2,(H,9,10)(H,11,12)(H,13,14)/b4-2-. The van der Waals surface area contributed by atoms with Crippen LogP contribution in [-0.2, 0) is 14.4 Å². The second-order valence-electron chi connectivity index (χ2n) is 2.12. The molecule has 7 heteroatoms. The van der Waals surface area contributed by atoms with Crippen molar-refractivity contribution in [3.63, 3.8) is 0 Å². The van der Waals surface area contributed by atoms with Crippen LogP contribution in [0.15, 0.2) is 23.4 Å². The summed E-state index contributed by atoms with van der Waals surface area (Å²) in [6.07, 6.45) is 1.30. The van der Waals surface area contributed by atoms with E-state index >= 15 is 0 Å².